The summed E-state index contributed by atoms with van der Waals surface area (Å²) >= 11 is 1.03. The maximum atomic E-state index is 12.2. The number of carbonyl (C=O) groups is 2. The van der Waals surface area contributed by atoms with Gasteiger partial charge in [0.15, 0.2) is 5.13 Å². The summed E-state index contributed by atoms with van der Waals surface area (Å²) < 4.78 is 0. The number of nitrogens with two attached hydrogens (primary N) is 1. The van der Waals surface area contributed by atoms with Crippen molar-refractivity contribution in [1.82, 2.24) is 9.97 Å². The summed E-state index contributed by atoms with van der Waals surface area (Å²) in [5.74, 6) is -0.359. The number of hydrogen-bond acceptors (Lipinski definition) is 6. The van der Waals surface area contributed by atoms with Gasteiger partial charge in [-0.2, -0.15) is 0 Å². The minimum absolute atomic E-state index is 0.291. The van der Waals surface area contributed by atoms with E-state index in [0.717, 1.165) is 11.3 Å². The van der Waals surface area contributed by atoms with Crippen LogP contribution in [0.3, 0.4) is 0 Å². The number of primary amides is 1. The first-order valence-electron chi connectivity index (χ1n) is 5.68. The molecule has 104 valence electrons. The van der Waals surface area contributed by atoms with Crippen LogP contribution in [-0.4, -0.2) is 35.9 Å². The number of carbonyl (C=O) groups excluding carboxylic acids is 2. The van der Waals surface area contributed by atoms with E-state index in [2.05, 4.69) is 15.3 Å². The van der Waals surface area contributed by atoms with Crippen LogP contribution in [0.4, 0.5) is 10.9 Å². The third-order valence-corrected chi connectivity index (χ3v) is 3.35. The maximum absolute atomic E-state index is 12.2. The lowest BCUT2D eigenvalue weighted by atomic mass is 10.2. The zero-order chi connectivity index (χ0) is 14.7. The van der Waals surface area contributed by atoms with Crippen molar-refractivity contribution in [3.63, 3.8) is 0 Å². The Morgan fingerprint density at radius 2 is 2.10 bits per heavy atom. The molecule has 2 aromatic rings. The highest BCUT2D eigenvalue weighted by molar-refractivity contribution is 7.17. The Balaban J connectivity index is 2.21. The largest absolute Gasteiger partial charge is 0.365 e. The third kappa shape index (κ3) is 2.91. The number of hydrogen-bond donors (Lipinski definition) is 2. The van der Waals surface area contributed by atoms with Gasteiger partial charge in [-0.05, 0) is 12.1 Å². The molecule has 0 radical (unpaired) electrons. The van der Waals surface area contributed by atoms with Gasteiger partial charge in [-0.3, -0.25) is 14.9 Å². The van der Waals surface area contributed by atoms with Crippen LogP contribution in [-0.2, 0) is 0 Å². The molecular formula is C12H13N5O2S. The Kier molecular flexibility index (Phi) is 3.94. The molecule has 0 bridgehead atoms. The number of thiazole rings is 1. The molecule has 0 saturated carbocycles. The molecule has 0 spiro atoms. The van der Waals surface area contributed by atoms with Gasteiger partial charge in [-0.1, -0.05) is 11.3 Å². The van der Waals surface area contributed by atoms with Crippen LogP contribution in [0.25, 0.3) is 0 Å². The van der Waals surface area contributed by atoms with Crippen molar-refractivity contribution in [1.29, 1.82) is 0 Å². The average Bonchev–Trinajstić information content (AvgIpc) is 2.87. The predicted octanol–water partition coefficient (Wildman–Crippen LogP) is 0.955. The molecule has 2 amide bonds. The SMILES string of the molecule is CN(C)c1ncccc1C(=O)Nc1ncc(C(N)=O)s1. The fourth-order valence-electron chi connectivity index (χ4n) is 1.54. The van der Waals surface area contributed by atoms with Gasteiger partial charge in [0.25, 0.3) is 11.8 Å². The van der Waals surface area contributed by atoms with Gasteiger partial charge in [-0.25, -0.2) is 9.97 Å². The second kappa shape index (κ2) is 5.66. The maximum Gasteiger partial charge on any atom is 0.261 e. The molecule has 20 heavy (non-hydrogen) atoms. The van der Waals surface area contributed by atoms with Crippen LogP contribution in [0.15, 0.2) is 24.5 Å². The molecule has 0 unspecified atom stereocenters. The summed E-state index contributed by atoms with van der Waals surface area (Å²) in [5, 5.41) is 2.94. The zero-order valence-electron chi connectivity index (χ0n) is 11.0. The molecule has 0 aromatic carbocycles. The van der Waals surface area contributed by atoms with E-state index >= 15 is 0 Å². The standard InChI is InChI=1S/C12H13N5O2S/c1-17(2)10-7(4-3-5-14-10)11(19)16-12-15-6-8(20-12)9(13)18/h3-6H,1-2H3,(H2,13,18)(H,15,16,19). The molecule has 7 nitrogen and oxygen atoms in total. The lowest BCUT2D eigenvalue weighted by molar-refractivity contribution is 0.100. The number of pyridine rings is 1. The molecule has 0 aliphatic rings. The number of anilines is 2. The van der Waals surface area contributed by atoms with Crippen LogP contribution in [0, 0.1) is 0 Å². The van der Waals surface area contributed by atoms with E-state index in [1.807, 2.05) is 0 Å². The quantitative estimate of drug-likeness (QED) is 0.873. The van der Waals surface area contributed by atoms with E-state index in [4.69, 9.17) is 5.73 Å². The summed E-state index contributed by atoms with van der Waals surface area (Å²) in [4.78, 5) is 33.3. The Morgan fingerprint density at radius 1 is 1.35 bits per heavy atom. The van der Waals surface area contributed by atoms with Gasteiger partial charge in [-0.15, -0.1) is 0 Å². The Labute approximate surface area is 119 Å². The minimum Gasteiger partial charge on any atom is -0.365 e. The van der Waals surface area contributed by atoms with Crippen LogP contribution >= 0.6 is 11.3 Å². The Bertz CT molecular complexity index is 653. The zero-order valence-corrected chi connectivity index (χ0v) is 11.8. The predicted molar refractivity (Wildman–Crippen MR) is 77.1 cm³/mol. The molecule has 3 N–H and O–H groups in total. The summed E-state index contributed by atoms with van der Waals surface area (Å²) in [6.07, 6.45) is 2.94. The monoisotopic (exact) mass is 291 g/mol. The fraction of sp³-hybridized carbons (Fsp3) is 0.167. The van der Waals surface area contributed by atoms with Gasteiger partial charge >= 0.3 is 0 Å². The highest BCUT2D eigenvalue weighted by atomic mass is 32.1. The van der Waals surface area contributed by atoms with Crippen molar-refractivity contribution in [3.05, 3.63) is 35.0 Å². The van der Waals surface area contributed by atoms with E-state index in [1.54, 1.807) is 37.3 Å². The molecular weight excluding hydrogens is 278 g/mol. The highest BCUT2D eigenvalue weighted by Gasteiger charge is 2.16. The van der Waals surface area contributed by atoms with E-state index in [-0.39, 0.29) is 5.91 Å². The Morgan fingerprint density at radius 3 is 2.70 bits per heavy atom. The van der Waals surface area contributed by atoms with Crippen molar-refractivity contribution < 1.29 is 9.59 Å². The Hall–Kier alpha value is -2.48. The summed E-state index contributed by atoms with van der Waals surface area (Å²) in [7, 11) is 3.60. The van der Waals surface area contributed by atoms with Crippen LogP contribution in [0.1, 0.15) is 20.0 Å². The second-order valence-electron chi connectivity index (χ2n) is 4.12. The van der Waals surface area contributed by atoms with Crippen LogP contribution in [0.5, 0.6) is 0 Å². The number of amides is 2. The summed E-state index contributed by atoms with van der Waals surface area (Å²) in [6, 6.07) is 3.35. The topological polar surface area (TPSA) is 101 Å². The van der Waals surface area contributed by atoms with Gasteiger partial charge in [0.2, 0.25) is 0 Å². The van der Waals surface area contributed by atoms with E-state index in [9.17, 15) is 9.59 Å². The first-order valence-corrected chi connectivity index (χ1v) is 6.50. The minimum atomic E-state index is -0.571. The van der Waals surface area contributed by atoms with Gasteiger partial charge in [0.1, 0.15) is 10.7 Å². The van der Waals surface area contributed by atoms with Crippen molar-refractivity contribution >= 4 is 34.1 Å². The number of nitrogens with zero attached hydrogens (tertiary/aromatic N) is 3. The average molecular weight is 291 g/mol. The number of rotatable bonds is 4. The molecule has 0 fully saturated rings. The molecule has 0 saturated heterocycles. The van der Waals surface area contributed by atoms with Crippen molar-refractivity contribution in [3.8, 4) is 0 Å². The molecule has 2 aromatic heterocycles. The van der Waals surface area contributed by atoms with Crippen molar-refractivity contribution in [2.75, 3.05) is 24.3 Å². The van der Waals surface area contributed by atoms with Gasteiger partial charge in [0, 0.05) is 20.3 Å². The van der Waals surface area contributed by atoms with Crippen LogP contribution in [0.2, 0.25) is 0 Å². The molecule has 0 aliphatic carbocycles. The van der Waals surface area contributed by atoms with Crippen LogP contribution < -0.4 is 16.0 Å². The van der Waals surface area contributed by atoms with Crippen molar-refractivity contribution in [2.24, 2.45) is 5.73 Å². The first kappa shape index (κ1) is 13.9. The molecule has 8 heteroatoms. The second-order valence-corrected chi connectivity index (χ2v) is 5.15. The summed E-state index contributed by atoms with van der Waals surface area (Å²) in [5.41, 5.74) is 5.56. The molecule has 2 rings (SSSR count). The fourth-order valence-corrected chi connectivity index (χ4v) is 2.20. The number of nitrogens with one attached hydrogen (secondary N) is 1. The van der Waals surface area contributed by atoms with E-state index in [0.29, 0.717) is 21.4 Å². The molecule has 0 atom stereocenters. The van der Waals surface area contributed by atoms with Gasteiger partial charge in [0.05, 0.1) is 11.8 Å². The lowest BCUT2D eigenvalue weighted by Gasteiger charge is -2.14. The third-order valence-electron chi connectivity index (χ3n) is 2.42. The molecule has 0 aliphatic heterocycles. The highest BCUT2D eigenvalue weighted by Crippen LogP contribution is 2.20. The normalized spacial score (nSPS) is 10.1. The van der Waals surface area contributed by atoms with E-state index < -0.39 is 5.91 Å². The molecule has 2 heterocycles. The van der Waals surface area contributed by atoms with Gasteiger partial charge < -0.3 is 10.6 Å². The smallest absolute Gasteiger partial charge is 0.261 e. The number of aromatic nitrogens is 2. The first-order chi connectivity index (χ1) is 9.49. The summed E-state index contributed by atoms with van der Waals surface area (Å²) in [6.45, 7) is 0. The lowest BCUT2D eigenvalue weighted by Crippen LogP contribution is -2.19. The van der Waals surface area contributed by atoms with E-state index in [1.165, 1.54) is 6.20 Å². The van der Waals surface area contributed by atoms with Crippen molar-refractivity contribution in [2.45, 2.75) is 0 Å².